The number of nitrogens with zero attached hydrogens (tertiary/aromatic N) is 3. The van der Waals surface area contributed by atoms with Gasteiger partial charge in [-0.05, 0) is 36.8 Å². The van der Waals surface area contributed by atoms with E-state index in [4.69, 9.17) is 4.74 Å². The number of aliphatic hydroxyl groups is 1. The highest BCUT2D eigenvalue weighted by Gasteiger charge is 2.42. The van der Waals surface area contributed by atoms with Crippen molar-refractivity contribution in [3.05, 3.63) is 48.5 Å². The molecule has 0 spiro atoms. The third-order valence-corrected chi connectivity index (χ3v) is 5.22. The van der Waals surface area contributed by atoms with Crippen LogP contribution >= 0.6 is 0 Å². The van der Waals surface area contributed by atoms with Gasteiger partial charge in [-0.25, -0.2) is 9.97 Å². The zero-order chi connectivity index (χ0) is 17.2. The Morgan fingerprint density at radius 1 is 1.08 bits per heavy atom. The number of hydrogen-bond acceptors (Lipinski definition) is 6. The second-order valence-electron chi connectivity index (χ2n) is 7.08. The van der Waals surface area contributed by atoms with E-state index >= 15 is 0 Å². The number of ether oxygens (including phenoxy) is 1. The Labute approximate surface area is 147 Å². The second kappa shape index (κ2) is 6.98. The fourth-order valence-corrected chi connectivity index (χ4v) is 4.11. The normalized spacial score (nSPS) is 27.2. The maximum Gasteiger partial charge on any atom is 0.158 e. The number of rotatable bonds is 5. The molecule has 6 heteroatoms. The molecule has 2 N–H and O–H groups in total. The van der Waals surface area contributed by atoms with Gasteiger partial charge in [-0.2, -0.15) is 0 Å². The first kappa shape index (κ1) is 16.3. The molecule has 25 heavy (non-hydrogen) atoms. The molecule has 1 aliphatic carbocycles. The van der Waals surface area contributed by atoms with Crippen molar-refractivity contribution in [3.63, 3.8) is 0 Å². The number of likely N-dealkylation sites (tertiary alicyclic amines) is 1. The van der Waals surface area contributed by atoms with Crippen LogP contribution in [0.15, 0.2) is 42.7 Å². The largest absolute Gasteiger partial charge is 0.505 e. The Balaban J connectivity index is 1.28. The third-order valence-electron chi connectivity index (χ3n) is 5.22. The molecule has 6 nitrogen and oxygen atoms in total. The Bertz CT molecular complexity index is 681. The predicted octanol–water partition coefficient (Wildman–Crippen LogP) is 2.00. The Hall–Kier alpha value is -2.18. The number of aromatic hydroxyl groups is 1. The highest BCUT2D eigenvalue weighted by Crippen LogP contribution is 2.40. The van der Waals surface area contributed by atoms with Crippen LogP contribution in [-0.4, -0.2) is 50.8 Å². The van der Waals surface area contributed by atoms with E-state index in [0.717, 1.165) is 31.7 Å². The molecule has 1 aromatic heterocycles. The average Bonchev–Trinajstić information content (AvgIpc) is 3.14. The van der Waals surface area contributed by atoms with E-state index in [0.29, 0.717) is 30.3 Å². The minimum atomic E-state index is -0.726. The highest BCUT2D eigenvalue weighted by molar-refractivity contribution is 5.21. The van der Waals surface area contributed by atoms with E-state index in [1.54, 1.807) is 0 Å². The lowest BCUT2D eigenvalue weighted by atomic mass is 10.0. The standard InChI is InChI=1S/C19H23N3O3/c23-15-8-20-19(21-9-15)18(24)12-22-10-13-6-17(7-14(13)11-22)25-16-4-2-1-3-5-16/h1-5,8-9,13-14,17-18,23-24H,6-7,10-12H2/t13-,14+,17?,18?. The number of aliphatic hydroxyl groups excluding tert-OH is 1. The summed E-state index contributed by atoms with van der Waals surface area (Å²) in [6, 6.07) is 10.0. The summed E-state index contributed by atoms with van der Waals surface area (Å²) in [5.74, 6) is 2.57. The van der Waals surface area contributed by atoms with Crippen molar-refractivity contribution < 1.29 is 14.9 Å². The monoisotopic (exact) mass is 341 g/mol. The first-order chi connectivity index (χ1) is 12.2. The summed E-state index contributed by atoms with van der Waals surface area (Å²) in [6.07, 6.45) is 4.34. The first-order valence-electron chi connectivity index (χ1n) is 8.80. The maximum atomic E-state index is 10.3. The van der Waals surface area contributed by atoms with Crippen molar-refractivity contribution in [2.24, 2.45) is 11.8 Å². The summed E-state index contributed by atoms with van der Waals surface area (Å²) in [5.41, 5.74) is 0. The number of aromatic nitrogens is 2. The van der Waals surface area contributed by atoms with Crippen LogP contribution in [0.2, 0.25) is 0 Å². The minimum absolute atomic E-state index is 0.0103. The van der Waals surface area contributed by atoms with Gasteiger partial charge < -0.3 is 14.9 Å². The fourth-order valence-electron chi connectivity index (χ4n) is 4.11. The Kier molecular flexibility index (Phi) is 4.55. The van der Waals surface area contributed by atoms with Crippen molar-refractivity contribution in [3.8, 4) is 11.5 Å². The SMILES string of the molecule is Oc1cnc(C(O)CN2C[C@H]3CC(Oc4ccccc4)C[C@H]3C2)nc1. The van der Waals surface area contributed by atoms with Gasteiger partial charge in [0.2, 0.25) is 0 Å². The van der Waals surface area contributed by atoms with E-state index in [2.05, 4.69) is 14.9 Å². The first-order valence-corrected chi connectivity index (χ1v) is 8.80. The summed E-state index contributed by atoms with van der Waals surface area (Å²) in [4.78, 5) is 10.3. The van der Waals surface area contributed by atoms with Crippen molar-refractivity contribution in [1.29, 1.82) is 0 Å². The topological polar surface area (TPSA) is 78.7 Å². The van der Waals surface area contributed by atoms with Crippen molar-refractivity contribution in [2.45, 2.75) is 25.0 Å². The summed E-state index contributed by atoms with van der Waals surface area (Å²) < 4.78 is 6.10. The molecule has 1 aliphatic heterocycles. The van der Waals surface area contributed by atoms with Crippen LogP contribution in [0.5, 0.6) is 11.5 Å². The van der Waals surface area contributed by atoms with Gasteiger partial charge in [0.05, 0.1) is 18.5 Å². The van der Waals surface area contributed by atoms with Gasteiger partial charge in [-0.3, -0.25) is 4.90 Å². The zero-order valence-electron chi connectivity index (χ0n) is 14.0. The van der Waals surface area contributed by atoms with Crippen LogP contribution in [0.1, 0.15) is 24.8 Å². The van der Waals surface area contributed by atoms with Gasteiger partial charge in [-0.1, -0.05) is 18.2 Å². The van der Waals surface area contributed by atoms with E-state index in [-0.39, 0.29) is 5.75 Å². The van der Waals surface area contributed by atoms with Gasteiger partial charge in [-0.15, -0.1) is 0 Å². The zero-order valence-corrected chi connectivity index (χ0v) is 14.0. The molecule has 1 saturated carbocycles. The van der Waals surface area contributed by atoms with E-state index in [9.17, 15) is 10.2 Å². The fraction of sp³-hybridized carbons (Fsp3) is 0.474. The number of hydrogen-bond donors (Lipinski definition) is 2. The predicted molar refractivity (Wildman–Crippen MR) is 92.2 cm³/mol. The number of fused-ring (bicyclic) bond motifs is 1. The minimum Gasteiger partial charge on any atom is -0.505 e. The Morgan fingerprint density at radius 3 is 2.36 bits per heavy atom. The van der Waals surface area contributed by atoms with Crippen molar-refractivity contribution >= 4 is 0 Å². The third kappa shape index (κ3) is 3.75. The summed E-state index contributed by atoms with van der Waals surface area (Å²) in [7, 11) is 0. The Morgan fingerprint density at radius 2 is 1.72 bits per heavy atom. The molecule has 1 saturated heterocycles. The van der Waals surface area contributed by atoms with Gasteiger partial charge in [0.1, 0.15) is 11.9 Å². The lowest BCUT2D eigenvalue weighted by Gasteiger charge is -2.21. The van der Waals surface area contributed by atoms with Gasteiger partial charge in [0, 0.05) is 19.6 Å². The van der Waals surface area contributed by atoms with Crippen LogP contribution < -0.4 is 4.74 Å². The molecule has 2 aliphatic rings. The molecule has 1 aromatic carbocycles. The number of benzene rings is 1. The lowest BCUT2D eigenvalue weighted by Crippen LogP contribution is -2.29. The highest BCUT2D eigenvalue weighted by atomic mass is 16.5. The van der Waals surface area contributed by atoms with Crippen LogP contribution in [0.4, 0.5) is 0 Å². The molecule has 2 heterocycles. The molecule has 0 amide bonds. The number of para-hydroxylation sites is 1. The molecule has 0 radical (unpaired) electrons. The van der Waals surface area contributed by atoms with Crippen molar-refractivity contribution in [2.75, 3.05) is 19.6 Å². The molecular weight excluding hydrogens is 318 g/mol. The van der Waals surface area contributed by atoms with E-state index in [1.165, 1.54) is 12.4 Å². The average molecular weight is 341 g/mol. The number of β-amino-alcohol motifs (C(OH)–C–C–N with tert-alkyl or cyclic N) is 1. The smallest absolute Gasteiger partial charge is 0.158 e. The molecule has 2 unspecified atom stereocenters. The molecule has 0 bridgehead atoms. The molecule has 4 rings (SSSR count). The van der Waals surface area contributed by atoms with Crippen LogP contribution in [0, 0.1) is 11.8 Å². The molecular formula is C19H23N3O3. The summed E-state index contributed by atoms with van der Waals surface area (Å²) in [6.45, 7) is 2.49. The quantitative estimate of drug-likeness (QED) is 0.866. The van der Waals surface area contributed by atoms with E-state index < -0.39 is 6.10 Å². The molecule has 132 valence electrons. The second-order valence-corrected chi connectivity index (χ2v) is 7.08. The molecule has 4 atom stereocenters. The molecule has 2 fully saturated rings. The van der Waals surface area contributed by atoms with Crippen LogP contribution in [0.3, 0.4) is 0 Å². The summed E-state index contributed by atoms with van der Waals surface area (Å²) in [5, 5.41) is 19.5. The van der Waals surface area contributed by atoms with Crippen LogP contribution in [-0.2, 0) is 0 Å². The maximum absolute atomic E-state index is 10.3. The molecule has 2 aromatic rings. The van der Waals surface area contributed by atoms with E-state index in [1.807, 2.05) is 30.3 Å². The van der Waals surface area contributed by atoms with Gasteiger partial charge in [0.15, 0.2) is 11.6 Å². The van der Waals surface area contributed by atoms with Gasteiger partial charge >= 0.3 is 0 Å². The summed E-state index contributed by atoms with van der Waals surface area (Å²) >= 11 is 0. The van der Waals surface area contributed by atoms with Crippen LogP contribution in [0.25, 0.3) is 0 Å². The van der Waals surface area contributed by atoms with Gasteiger partial charge in [0.25, 0.3) is 0 Å². The van der Waals surface area contributed by atoms with Crippen molar-refractivity contribution in [1.82, 2.24) is 14.9 Å². The lowest BCUT2D eigenvalue weighted by molar-refractivity contribution is 0.109.